The van der Waals surface area contributed by atoms with E-state index in [0.29, 0.717) is 18.8 Å². The number of hydrogen-bond acceptors (Lipinski definition) is 4. The molecule has 0 aliphatic carbocycles. The van der Waals surface area contributed by atoms with Crippen molar-refractivity contribution in [2.75, 3.05) is 40.8 Å². The molecule has 0 aromatic heterocycles. The normalized spacial score (nSPS) is 17.2. The molecule has 136 valence electrons. The molecule has 0 unspecified atom stereocenters. The second kappa shape index (κ2) is 8.00. The van der Waals surface area contributed by atoms with Crippen LogP contribution in [0.1, 0.15) is 12.5 Å². The second-order valence-electron chi connectivity index (χ2n) is 6.29. The molecule has 0 radical (unpaired) electrons. The predicted molar refractivity (Wildman–Crippen MR) is 93.1 cm³/mol. The number of rotatable bonds is 4. The lowest BCUT2D eigenvalue weighted by Crippen LogP contribution is -2.61. The molecule has 0 N–H and O–H groups in total. The van der Waals surface area contributed by atoms with Gasteiger partial charge in [-0.05, 0) is 6.07 Å². The SMILES string of the molecule is COc1ccccc1CC(=O)N1CCN(C(C)=O)C[C@@H]1C(=O)N(C)C. The topological polar surface area (TPSA) is 70.2 Å². The number of ether oxygens (including phenoxy) is 1. The minimum Gasteiger partial charge on any atom is -0.496 e. The third-order valence-corrected chi connectivity index (χ3v) is 4.41. The molecule has 0 saturated carbocycles. The lowest BCUT2D eigenvalue weighted by atomic mass is 10.1. The van der Waals surface area contributed by atoms with Crippen molar-refractivity contribution in [3.63, 3.8) is 0 Å². The molecule has 1 aliphatic rings. The van der Waals surface area contributed by atoms with Gasteiger partial charge in [0.1, 0.15) is 11.8 Å². The van der Waals surface area contributed by atoms with Gasteiger partial charge in [-0.2, -0.15) is 0 Å². The fourth-order valence-electron chi connectivity index (χ4n) is 2.99. The van der Waals surface area contributed by atoms with Gasteiger partial charge in [0.05, 0.1) is 20.1 Å². The average Bonchev–Trinajstić information content (AvgIpc) is 2.60. The van der Waals surface area contributed by atoms with Gasteiger partial charge in [-0.25, -0.2) is 0 Å². The molecule has 1 aromatic rings. The third-order valence-electron chi connectivity index (χ3n) is 4.41. The Balaban J connectivity index is 2.20. The summed E-state index contributed by atoms with van der Waals surface area (Å²) in [5.74, 6) is 0.231. The van der Waals surface area contributed by atoms with E-state index in [1.165, 1.54) is 11.8 Å². The van der Waals surface area contributed by atoms with Crippen molar-refractivity contribution in [2.45, 2.75) is 19.4 Å². The van der Waals surface area contributed by atoms with E-state index in [4.69, 9.17) is 4.74 Å². The Kier molecular flexibility index (Phi) is 6.01. The van der Waals surface area contributed by atoms with E-state index in [1.54, 1.807) is 37.1 Å². The van der Waals surface area contributed by atoms with Crippen LogP contribution >= 0.6 is 0 Å². The molecular formula is C18H25N3O4. The van der Waals surface area contributed by atoms with Crippen LogP contribution in [-0.4, -0.2) is 79.3 Å². The maximum atomic E-state index is 12.8. The molecule has 1 atom stereocenters. The van der Waals surface area contributed by atoms with E-state index in [1.807, 2.05) is 18.2 Å². The van der Waals surface area contributed by atoms with Crippen molar-refractivity contribution in [2.24, 2.45) is 0 Å². The van der Waals surface area contributed by atoms with Crippen LogP contribution in [0.2, 0.25) is 0 Å². The summed E-state index contributed by atoms with van der Waals surface area (Å²) in [5, 5.41) is 0. The van der Waals surface area contributed by atoms with Crippen molar-refractivity contribution in [1.82, 2.24) is 14.7 Å². The summed E-state index contributed by atoms with van der Waals surface area (Å²) in [7, 11) is 4.86. The van der Waals surface area contributed by atoms with Gasteiger partial charge >= 0.3 is 0 Å². The average molecular weight is 347 g/mol. The number of nitrogens with zero attached hydrogens (tertiary/aromatic N) is 3. The largest absolute Gasteiger partial charge is 0.496 e. The summed E-state index contributed by atoms with van der Waals surface area (Å²) in [6.07, 6.45) is 0.154. The molecule has 25 heavy (non-hydrogen) atoms. The smallest absolute Gasteiger partial charge is 0.246 e. The minimum atomic E-state index is -0.658. The van der Waals surface area contributed by atoms with Crippen LogP contribution in [0, 0.1) is 0 Å². The van der Waals surface area contributed by atoms with Gasteiger partial charge < -0.3 is 19.4 Å². The van der Waals surface area contributed by atoms with Gasteiger partial charge in [0, 0.05) is 39.7 Å². The van der Waals surface area contributed by atoms with E-state index in [9.17, 15) is 14.4 Å². The molecule has 1 heterocycles. The Bertz CT molecular complexity index is 659. The van der Waals surface area contributed by atoms with Crippen LogP contribution in [0.15, 0.2) is 24.3 Å². The molecule has 2 rings (SSSR count). The molecule has 7 nitrogen and oxygen atoms in total. The molecule has 0 bridgehead atoms. The van der Waals surface area contributed by atoms with Gasteiger partial charge in [0.15, 0.2) is 0 Å². The lowest BCUT2D eigenvalue weighted by Gasteiger charge is -2.41. The van der Waals surface area contributed by atoms with Gasteiger partial charge in [0.2, 0.25) is 17.7 Å². The minimum absolute atomic E-state index is 0.0895. The summed E-state index contributed by atoms with van der Waals surface area (Å²) < 4.78 is 5.30. The lowest BCUT2D eigenvalue weighted by molar-refractivity contribution is -0.150. The molecule has 1 aliphatic heterocycles. The number of carbonyl (C=O) groups is 3. The van der Waals surface area contributed by atoms with Crippen LogP contribution in [-0.2, 0) is 20.8 Å². The number of hydrogen-bond donors (Lipinski definition) is 0. The van der Waals surface area contributed by atoms with Crippen LogP contribution in [0.25, 0.3) is 0 Å². The Morgan fingerprint density at radius 2 is 1.88 bits per heavy atom. The van der Waals surface area contributed by atoms with Crippen LogP contribution in [0.4, 0.5) is 0 Å². The van der Waals surface area contributed by atoms with Crippen molar-refractivity contribution in [3.8, 4) is 5.75 Å². The molecule has 7 heteroatoms. The summed E-state index contributed by atoms with van der Waals surface area (Å²) in [6, 6.07) is 6.68. The van der Waals surface area contributed by atoms with E-state index in [-0.39, 0.29) is 30.7 Å². The zero-order valence-electron chi connectivity index (χ0n) is 15.2. The fraction of sp³-hybridized carbons (Fsp3) is 0.500. The van der Waals surface area contributed by atoms with E-state index in [0.717, 1.165) is 5.56 Å². The molecule has 1 fully saturated rings. The van der Waals surface area contributed by atoms with Crippen molar-refractivity contribution < 1.29 is 19.1 Å². The Morgan fingerprint density at radius 3 is 2.48 bits per heavy atom. The van der Waals surface area contributed by atoms with Crippen molar-refractivity contribution in [3.05, 3.63) is 29.8 Å². The zero-order valence-corrected chi connectivity index (χ0v) is 15.2. The molecule has 3 amide bonds. The van der Waals surface area contributed by atoms with Gasteiger partial charge in [-0.1, -0.05) is 18.2 Å². The van der Waals surface area contributed by atoms with Crippen molar-refractivity contribution in [1.29, 1.82) is 0 Å². The highest BCUT2D eigenvalue weighted by atomic mass is 16.5. The van der Waals surface area contributed by atoms with Crippen LogP contribution < -0.4 is 4.74 Å². The van der Waals surface area contributed by atoms with Gasteiger partial charge in [0.25, 0.3) is 0 Å². The summed E-state index contributed by atoms with van der Waals surface area (Å²) in [6.45, 7) is 2.48. The van der Waals surface area contributed by atoms with E-state index in [2.05, 4.69) is 0 Å². The highest BCUT2D eigenvalue weighted by Gasteiger charge is 2.36. The fourth-order valence-corrected chi connectivity index (χ4v) is 2.99. The quantitative estimate of drug-likeness (QED) is 0.790. The number of benzene rings is 1. The Labute approximate surface area is 148 Å². The number of para-hydroxylation sites is 1. The Morgan fingerprint density at radius 1 is 1.20 bits per heavy atom. The maximum absolute atomic E-state index is 12.8. The van der Waals surface area contributed by atoms with Crippen LogP contribution in [0.5, 0.6) is 5.75 Å². The highest BCUT2D eigenvalue weighted by molar-refractivity contribution is 5.89. The number of piperazine rings is 1. The maximum Gasteiger partial charge on any atom is 0.246 e. The first-order valence-corrected chi connectivity index (χ1v) is 8.23. The zero-order chi connectivity index (χ0) is 18.6. The summed E-state index contributed by atoms with van der Waals surface area (Å²) in [4.78, 5) is 41.7. The summed E-state index contributed by atoms with van der Waals surface area (Å²) in [5.41, 5.74) is 0.778. The second-order valence-corrected chi connectivity index (χ2v) is 6.29. The first kappa shape index (κ1) is 18.8. The van der Waals surface area contributed by atoms with E-state index < -0.39 is 6.04 Å². The first-order valence-electron chi connectivity index (χ1n) is 8.23. The molecular weight excluding hydrogens is 322 g/mol. The van der Waals surface area contributed by atoms with Crippen molar-refractivity contribution >= 4 is 17.7 Å². The van der Waals surface area contributed by atoms with E-state index >= 15 is 0 Å². The number of carbonyl (C=O) groups excluding carboxylic acids is 3. The van der Waals surface area contributed by atoms with Crippen LogP contribution in [0.3, 0.4) is 0 Å². The molecule has 0 spiro atoms. The number of likely N-dealkylation sites (N-methyl/N-ethyl adjacent to an activating group) is 1. The standard InChI is InChI=1S/C18H25N3O4/c1-13(22)20-9-10-21(15(12-20)18(24)19(2)3)17(23)11-14-7-5-6-8-16(14)25-4/h5-8,15H,9-12H2,1-4H3/t15-/m1/s1. The Hall–Kier alpha value is -2.57. The third kappa shape index (κ3) is 4.29. The predicted octanol–water partition coefficient (Wildman–Crippen LogP) is 0.385. The number of amides is 3. The monoisotopic (exact) mass is 347 g/mol. The van der Waals surface area contributed by atoms with Gasteiger partial charge in [-0.15, -0.1) is 0 Å². The first-order chi connectivity index (χ1) is 11.8. The molecule has 1 aromatic carbocycles. The number of methoxy groups -OCH3 is 1. The van der Waals surface area contributed by atoms with Gasteiger partial charge in [-0.3, -0.25) is 14.4 Å². The highest BCUT2D eigenvalue weighted by Crippen LogP contribution is 2.20. The molecule has 1 saturated heterocycles. The summed E-state index contributed by atoms with van der Waals surface area (Å²) >= 11 is 0.